The maximum Gasteiger partial charge on any atom is 0.319 e. The molecule has 0 saturated heterocycles. The van der Waals surface area contributed by atoms with Crippen molar-refractivity contribution in [3.63, 3.8) is 0 Å². The van der Waals surface area contributed by atoms with Crippen LogP contribution in [0.15, 0.2) is 41.8 Å². The summed E-state index contributed by atoms with van der Waals surface area (Å²) in [5.74, 6) is 2.51. The van der Waals surface area contributed by atoms with Gasteiger partial charge in [0.2, 0.25) is 0 Å². The number of hydrogen-bond acceptors (Lipinski definition) is 3. The van der Waals surface area contributed by atoms with Crippen LogP contribution in [0, 0.1) is 12.3 Å². The molecule has 0 aliphatic rings. The number of anilines is 1. The molecule has 2 amide bonds. The zero-order valence-electron chi connectivity index (χ0n) is 11.6. The van der Waals surface area contributed by atoms with Crippen LogP contribution >= 0.6 is 11.3 Å². The van der Waals surface area contributed by atoms with Crippen LogP contribution < -0.4 is 10.6 Å². The topological polar surface area (TPSA) is 61.4 Å². The molecular formula is C16H16N2O2S. The summed E-state index contributed by atoms with van der Waals surface area (Å²) in [4.78, 5) is 12.6. The zero-order chi connectivity index (χ0) is 15.3. The van der Waals surface area contributed by atoms with E-state index in [1.165, 1.54) is 11.3 Å². The monoisotopic (exact) mass is 300 g/mol. The Morgan fingerprint density at radius 1 is 1.43 bits per heavy atom. The molecule has 3 N–H and O–H groups in total. The molecule has 2 aromatic rings. The van der Waals surface area contributed by atoms with Crippen molar-refractivity contribution < 1.29 is 9.90 Å². The summed E-state index contributed by atoms with van der Waals surface area (Å²) in [7, 11) is 0. The smallest absolute Gasteiger partial charge is 0.319 e. The highest BCUT2D eigenvalue weighted by atomic mass is 32.1. The zero-order valence-corrected chi connectivity index (χ0v) is 12.4. The molecule has 0 radical (unpaired) electrons. The number of aliphatic hydroxyl groups is 1. The molecule has 0 bridgehead atoms. The molecule has 1 unspecified atom stereocenters. The fraction of sp³-hybridized carbons (Fsp3) is 0.188. The largest absolute Gasteiger partial charge is 0.383 e. The van der Waals surface area contributed by atoms with E-state index < -0.39 is 5.60 Å². The molecule has 0 spiro atoms. The van der Waals surface area contributed by atoms with Crippen molar-refractivity contribution in [3.8, 4) is 12.3 Å². The Morgan fingerprint density at radius 3 is 2.90 bits per heavy atom. The Bertz CT molecular complexity index is 657. The molecule has 1 aromatic carbocycles. The number of benzene rings is 1. The Morgan fingerprint density at radius 2 is 2.24 bits per heavy atom. The molecule has 1 heterocycles. The third-order valence-electron chi connectivity index (χ3n) is 2.93. The van der Waals surface area contributed by atoms with Gasteiger partial charge in [-0.1, -0.05) is 18.1 Å². The SMILES string of the molecule is C#Cc1cccc(NC(=O)NCC(C)(O)c2cccs2)c1. The van der Waals surface area contributed by atoms with Gasteiger partial charge in [0.15, 0.2) is 0 Å². The van der Waals surface area contributed by atoms with E-state index in [-0.39, 0.29) is 12.6 Å². The Hall–Kier alpha value is -2.29. The summed E-state index contributed by atoms with van der Waals surface area (Å²) in [6.07, 6.45) is 5.31. The maximum atomic E-state index is 11.8. The highest BCUT2D eigenvalue weighted by Crippen LogP contribution is 2.24. The minimum Gasteiger partial charge on any atom is -0.383 e. The van der Waals surface area contributed by atoms with E-state index in [1.807, 2.05) is 17.5 Å². The summed E-state index contributed by atoms with van der Waals surface area (Å²) in [5, 5.41) is 17.5. The summed E-state index contributed by atoms with van der Waals surface area (Å²) < 4.78 is 0. The summed E-state index contributed by atoms with van der Waals surface area (Å²) >= 11 is 1.45. The molecule has 1 aromatic heterocycles. The van der Waals surface area contributed by atoms with E-state index in [2.05, 4.69) is 16.6 Å². The van der Waals surface area contributed by atoms with E-state index in [1.54, 1.807) is 31.2 Å². The van der Waals surface area contributed by atoms with Crippen LogP contribution in [0.2, 0.25) is 0 Å². The summed E-state index contributed by atoms with van der Waals surface area (Å²) in [5.41, 5.74) is 0.212. The Labute approximate surface area is 127 Å². The molecule has 1 atom stereocenters. The standard InChI is InChI=1S/C16H16N2O2S/c1-3-12-6-4-7-13(10-12)18-15(19)17-11-16(2,20)14-8-5-9-21-14/h1,4-10,20H,11H2,2H3,(H2,17,18,19). The van der Waals surface area contributed by atoms with Gasteiger partial charge in [0.25, 0.3) is 0 Å². The number of rotatable bonds is 4. The number of terminal acetylenes is 1. The Balaban J connectivity index is 1.92. The lowest BCUT2D eigenvalue weighted by Crippen LogP contribution is -2.40. The second-order valence-electron chi connectivity index (χ2n) is 4.78. The summed E-state index contributed by atoms with van der Waals surface area (Å²) in [6, 6.07) is 10.3. The fourth-order valence-electron chi connectivity index (χ4n) is 1.79. The second kappa shape index (κ2) is 6.44. The van der Waals surface area contributed by atoms with Gasteiger partial charge in [0.05, 0.1) is 6.54 Å². The van der Waals surface area contributed by atoms with Crippen molar-refractivity contribution in [1.82, 2.24) is 5.32 Å². The number of amides is 2. The van der Waals surface area contributed by atoms with Crippen LogP contribution in [0.5, 0.6) is 0 Å². The lowest BCUT2D eigenvalue weighted by Gasteiger charge is -2.22. The van der Waals surface area contributed by atoms with Crippen molar-refractivity contribution in [2.45, 2.75) is 12.5 Å². The van der Waals surface area contributed by atoms with E-state index in [0.29, 0.717) is 11.3 Å². The van der Waals surface area contributed by atoms with Crippen LogP contribution in [-0.2, 0) is 5.60 Å². The molecule has 2 rings (SSSR count). The van der Waals surface area contributed by atoms with Crippen molar-refractivity contribution in [2.75, 3.05) is 11.9 Å². The fourth-order valence-corrected chi connectivity index (χ4v) is 2.57. The number of carbonyl (C=O) groups is 1. The highest BCUT2D eigenvalue weighted by Gasteiger charge is 2.24. The molecule has 0 saturated carbocycles. The van der Waals surface area contributed by atoms with E-state index >= 15 is 0 Å². The molecular weight excluding hydrogens is 284 g/mol. The van der Waals surface area contributed by atoms with Gasteiger partial charge in [-0.2, -0.15) is 0 Å². The van der Waals surface area contributed by atoms with Crippen molar-refractivity contribution in [1.29, 1.82) is 0 Å². The van der Waals surface area contributed by atoms with E-state index in [0.717, 1.165) is 4.88 Å². The first-order chi connectivity index (χ1) is 10.0. The van der Waals surface area contributed by atoms with Crippen LogP contribution in [0.1, 0.15) is 17.4 Å². The Kier molecular flexibility index (Phi) is 4.63. The lowest BCUT2D eigenvalue weighted by molar-refractivity contribution is 0.0637. The molecule has 0 fully saturated rings. The number of urea groups is 1. The van der Waals surface area contributed by atoms with Crippen molar-refractivity contribution >= 4 is 23.1 Å². The number of thiophene rings is 1. The van der Waals surface area contributed by atoms with Crippen molar-refractivity contribution in [3.05, 3.63) is 52.2 Å². The van der Waals surface area contributed by atoms with Crippen LogP contribution in [0.25, 0.3) is 0 Å². The normalized spacial score (nSPS) is 13.0. The van der Waals surface area contributed by atoms with Gasteiger partial charge in [-0.15, -0.1) is 17.8 Å². The van der Waals surface area contributed by atoms with Gasteiger partial charge in [-0.3, -0.25) is 0 Å². The first kappa shape index (κ1) is 15.1. The van der Waals surface area contributed by atoms with E-state index in [4.69, 9.17) is 6.42 Å². The molecule has 4 nitrogen and oxygen atoms in total. The quantitative estimate of drug-likeness (QED) is 0.760. The lowest BCUT2D eigenvalue weighted by atomic mass is 10.1. The number of carbonyl (C=O) groups excluding carboxylic acids is 1. The average Bonchev–Trinajstić information content (AvgIpc) is 3.00. The second-order valence-corrected chi connectivity index (χ2v) is 5.73. The molecule has 0 aliphatic carbocycles. The molecule has 0 aliphatic heterocycles. The van der Waals surface area contributed by atoms with Gasteiger partial charge in [-0.05, 0) is 36.6 Å². The maximum absolute atomic E-state index is 11.8. The van der Waals surface area contributed by atoms with Gasteiger partial charge in [0.1, 0.15) is 5.60 Å². The predicted molar refractivity (Wildman–Crippen MR) is 85.3 cm³/mol. The summed E-state index contributed by atoms with van der Waals surface area (Å²) in [6.45, 7) is 1.78. The minimum atomic E-state index is -1.09. The molecule has 21 heavy (non-hydrogen) atoms. The third-order valence-corrected chi connectivity index (χ3v) is 4.06. The average molecular weight is 300 g/mol. The first-order valence-electron chi connectivity index (χ1n) is 6.39. The van der Waals surface area contributed by atoms with Crippen molar-refractivity contribution in [2.24, 2.45) is 0 Å². The van der Waals surface area contributed by atoms with Crippen LogP contribution in [0.4, 0.5) is 10.5 Å². The minimum absolute atomic E-state index is 0.119. The molecule has 108 valence electrons. The van der Waals surface area contributed by atoms with Gasteiger partial charge < -0.3 is 15.7 Å². The highest BCUT2D eigenvalue weighted by molar-refractivity contribution is 7.10. The first-order valence-corrected chi connectivity index (χ1v) is 7.27. The van der Waals surface area contributed by atoms with Gasteiger partial charge in [-0.25, -0.2) is 4.79 Å². The van der Waals surface area contributed by atoms with Crippen LogP contribution in [-0.4, -0.2) is 17.7 Å². The van der Waals surface area contributed by atoms with E-state index in [9.17, 15) is 9.90 Å². The third kappa shape index (κ3) is 4.09. The van der Waals surface area contributed by atoms with Gasteiger partial charge >= 0.3 is 6.03 Å². The molecule has 5 heteroatoms. The van der Waals surface area contributed by atoms with Gasteiger partial charge in [0, 0.05) is 16.1 Å². The number of nitrogens with one attached hydrogen (secondary N) is 2. The van der Waals surface area contributed by atoms with Crippen LogP contribution in [0.3, 0.4) is 0 Å². The predicted octanol–water partition coefficient (Wildman–Crippen LogP) is 2.76. The number of hydrogen-bond donors (Lipinski definition) is 3.